The van der Waals surface area contributed by atoms with Gasteiger partial charge in [0.2, 0.25) is 0 Å². The summed E-state index contributed by atoms with van der Waals surface area (Å²) in [5, 5.41) is 0. The summed E-state index contributed by atoms with van der Waals surface area (Å²) in [5.74, 6) is 0.376. The highest BCUT2D eigenvalue weighted by Crippen LogP contribution is 2.28. The Labute approximate surface area is 139 Å². The molecule has 1 rings (SSSR count). The molecule has 0 amide bonds. The largest absolute Gasteiger partial charge is 0.423 e. The Morgan fingerprint density at radius 1 is 0.913 bits per heavy atom. The van der Waals surface area contributed by atoms with Crippen LogP contribution in [0.15, 0.2) is 24.3 Å². The first-order chi connectivity index (χ1) is 11.1. The van der Waals surface area contributed by atoms with E-state index < -0.39 is 0 Å². The smallest absolute Gasteiger partial charge is 0.311 e. The molecule has 0 aliphatic carbocycles. The van der Waals surface area contributed by atoms with Crippen LogP contribution < -0.4 is 9.47 Å². The number of unbranched alkanes of at least 4 members (excludes halogenated alkanes) is 2. The van der Waals surface area contributed by atoms with Crippen molar-refractivity contribution in [2.24, 2.45) is 5.92 Å². The van der Waals surface area contributed by atoms with E-state index in [0.717, 1.165) is 32.1 Å². The zero-order valence-electron chi connectivity index (χ0n) is 14.5. The molecule has 1 aromatic rings. The number of benzene rings is 1. The number of esters is 2. The second kappa shape index (κ2) is 10.8. The highest BCUT2D eigenvalue weighted by molar-refractivity contribution is 5.76. The zero-order valence-corrected chi connectivity index (χ0v) is 14.5. The van der Waals surface area contributed by atoms with Gasteiger partial charge in [-0.1, -0.05) is 58.6 Å². The summed E-state index contributed by atoms with van der Waals surface area (Å²) in [5.41, 5.74) is 0. The van der Waals surface area contributed by atoms with Crippen molar-refractivity contribution >= 4 is 11.9 Å². The minimum atomic E-state index is -0.290. The van der Waals surface area contributed by atoms with Gasteiger partial charge in [-0.25, -0.2) is 0 Å². The van der Waals surface area contributed by atoms with E-state index in [2.05, 4.69) is 20.8 Å². The third kappa shape index (κ3) is 7.31. The zero-order chi connectivity index (χ0) is 17.1. The van der Waals surface area contributed by atoms with Gasteiger partial charge >= 0.3 is 11.9 Å². The summed E-state index contributed by atoms with van der Waals surface area (Å²) >= 11 is 0. The lowest BCUT2D eigenvalue weighted by atomic mass is 10.00. The normalized spacial score (nSPS) is 10.6. The van der Waals surface area contributed by atoms with Crippen molar-refractivity contribution in [1.82, 2.24) is 0 Å². The van der Waals surface area contributed by atoms with Gasteiger partial charge in [-0.05, 0) is 24.5 Å². The number of carbonyl (C=O) groups is 2. The Bertz CT molecular complexity index is 492. The minimum Gasteiger partial charge on any atom is -0.423 e. The van der Waals surface area contributed by atoms with Crippen molar-refractivity contribution in [3.63, 3.8) is 0 Å². The van der Waals surface area contributed by atoms with Crippen molar-refractivity contribution in [1.29, 1.82) is 0 Å². The molecule has 0 aromatic heterocycles. The molecule has 0 N–H and O–H groups in total. The van der Waals surface area contributed by atoms with Crippen LogP contribution in [0.1, 0.15) is 65.7 Å². The number of rotatable bonds is 10. The molecule has 4 heteroatoms. The van der Waals surface area contributed by atoms with Crippen LogP contribution in [-0.4, -0.2) is 11.9 Å². The predicted molar refractivity (Wildman–Crippen MR) is 90.5 cm³/mol. The van der Waals surface area contributed by atoms with Gasteiger partial charge in [0.05, 0.1) is 0 Å². The molecule has 0 saturated heterocycles. The molecule has 0 aliphatic rings. The Morgan fingerprint density at radius 3 is 2.00 bits per heavy atom. The standard InChI is InChI=1S/C19H28O4/c1-4-7-8-13-18(20)22-16-11-9-10-12-17(16)23-19(21)14-15(5-2)6-3/h9-12,15H,4-8,13-14H2,1-3H3. The average Bonchev–Trinajstić information content (AvgIpc) is 2.54. The first kappa shape index (κ1) is 19.2. The maximum atomic E-state index is 12.0. The maximum Gasteiger partial charge on any atom is 0.311 e. The summed E-state index contributed by atoms with van der Waals surface area (Å²) in [6, 6.07) is 6.82. The molecule has 1 aromatic carbocycles. The van der Waals surface area contributed by atoms with Gasteiger partial charge in [0.15, 0.2) is 11.5 Å². The highest BCUT2D eigenvalue weighted by Gasteiger charge is 2.16. The van der Waals surface area contributed by atoms with Crippen LogP contribution in [0.4, 0.5) is 0 Å². The third-order valence-corrected chi connectivity index (χ3v) is 3.89. The minimum absolute atomic E-state index is 0.284. The molecule has 0 spiro atoms. The van der Waals surface area contributed by atoms with Crippen molar-refractivity contribution in [2.75, 3.05) is 0 Å². The van der Waals surface area contributed by atoms with E-state index in [9.17, 15) is 9.59 Å². The fraction of sp³-hybridized carbons (Fsp3) is 0.579. The number of hydrogen-bond donors (Lipinski definition) is 0. The lowest BCUT2D eigenvalue weighted by Crippen LogP contribution is -2.15. The molecule has 0 fully saturated rings. The first-order valence-electron chi connectivity index (χ1n) is 8.61. The number of hydrogen-bond acceptors (Lipinski definition) is 4. The average molecular weight is 320 g/mol. The van der Waals surface area contributed by atoms with Gasteiger partial charge in [0.25, 0.3) is 0 Å². The number of carbonyl (C=O) groups excluding carboxylic acids is 2. The van der Waals surface area contributed by atoms with E-state index in [1.165, 1.54) is 0 Å². The van der Waals surface area contributed by atoms with Gasteiger partial charge in [-0.2, -0.15) is 0 Å². The molecule has 0 atom stereocenters. The van der Waals surface area contributed by atoms with Gasteiger partial charge < -0.3 is 9.47 Å². The maximum absolute atomic E-state index is 12.0. The number of ether oxygens (including phenoxy) is 2. The van der Waals surface area contributed by atoms with Crippen molar-refractivity contribution in [2.45, 2.75) is 65.7 Å². The Balaban J connectivity index is 2.62. The van der Waals surface area contributed by atoms with Crippen LogP contribution in [0.25, 0.3) is 0 Å². The summed E-state index contributed by atoms with van der Waals surface area (Å²) in [7, 11) is 0. The van der Waals surface area contributed by atoms with E-state index in [1.54, 1.807) is 24.3 Å². The second-order valence-corrected chi connectivity index (χ2v) is 5.74. The van der Waals surface area contributed by atoms with Crippen LogP contribution in [0.2, 0.25) is 0 Å². The molecule has 0 saturated carbocycles. The fourth-order valence-electron chi connectivity index (χ4n) is 2.29. The highest BCUT2D eigenvalue weighted by atomic mass is 16.6. The molecule has 0 aliphatic heterocycles. The monoisotopic (exact) mass is 320 g/mol. The fourth-order valence-corrected chi connectivity index (χ4v) is 2.29. The van der Waals surface area contributed by atoms with Crippen LogP contribution in [0, 0.1) is 5.92 Å². The lowest BCUT2D eigenvalue weighted by molar-refractivity contribution is -0.137. The summed E-state index contributed by atoms with van der Waals surface area (Å²) in [6.45, 7) is 6.21. The third-order valence-electron chi connectivity index (χ3n) is 3.89. The molecule has 0 radical (unpaired) electrons. The van der Waals surface area contributed by atoms with Crippen LogP contribution >= 0.6 is 0 Å². The van der Waals surface area contributed by atoms with E-state index in [0.29, 0.717) is 30.3 Å². The molecule has 4 nitrogen and oxygen atoms in total. The summed E-state index contributed by atoms with van der Waals surface area (Å²) < 4.78 is 10.7. The summed E-state index contributed by atoms with van der Waals surface area (Å²) in [4.78, 5) is 23.9. The van der Waals surface area contributed by atoms with Crippen molar-refractivity contribution in [3.05, 3.63) is 24.3 Å². The first-order valence-corrected chi connectivity index (χ1v) is 8.61. The Hall–Kier alpha value is -1.84. The summed E-state index contributed by atoms with van der Waals surface area (Å²) in [6.07, 6.45) is 5.51. The van der Waals surface area contributed by atoms with Crippen molar-refractivity contribution in [3.8, 4) is 11.5 Å². The molecule has 128 valence electrons. The lowest BCUT2D eigenvalue weighted by Gasteiger charge is -2.13. The SMILES string of the molecule is CCCCCC(=O)Oc1ccccc1OC(=O)CC(CC)CC. The molecule has 0 heterocycles. The molecular formula is C19H28O4. The van der Waals surface area contributed by atoms with Gasteiger partial charge in [0.1, 0.15) is 0 Å². The second-order valence-electron chi connectivity index (χ2n) is 5.74. The molecule has 23 heavy (non-hydrogen) atoms. The van der Waals surface area contributed by atoms with Gasteiger partial charge in [0, 0.05) is 12.8 Å². The van der Waals surface area contributed by atoms with Gasteiger partial charge in [-0.15, -0.1) is 0 Å². The van der Waals surface area contributed by atoms with E-state index in [1.807, 2.05) is 0 Å². The topological polar surface area (TPSA) is 52.6 Å². The van der Waals surface area contributed by atoms with Crippen molar-refractivity contribution < 1.29 is 19.1 Å². The van der Waals surface area contributed by atoms with Gasteiger partial charge in [-0.3, -0.25) is 9.59 Å². The van der Waals surface area contributed by atoms with Crippen LogP contribution in [0.3, 0.4) is 0 Å². The Kier molecular flexibility index (Phi) is 9.03. The molecular weight excluding hydrogens is 292 g/mol. The van der Waals surface area contributed by atoms with E-state index in [4.69, 9.17) is 9.47 Å². The van der Waals surface area contributed by atoms with E-state index >= 15 is 0 Å². The predicted octanol–water partition coefficient (Wildman–Crippen LogP) is 4.90. The van der Waals surface area contributed by atoms with Crippen LogP contribution in [0.5, 0.6) is 11.5 Å². The molecule has 0 unspecified atom stereocenters. The Morgan fingerprint density at radius 2 is 1.48 bits per heavy atom. The molecule has 0 bridgehead atoms. The quantitative estimate of drug-likeness (QED) is 0.349. The number of para-hydroxylation sites is 2. The van der Waals surface area contributed by atoms with E-state index in [-0.39, 0.29) is 11.9 Å². The van der Waals surface area contributed by atoms with Crippen LogP contribution in [-0.2, 0) is 9.59 Å².